The molecule has 2 rings (SSSR count). The average molecular weight is 377 g/mol. The minimum absolute atomic E-state index is 0.132. The number of hydrogen-bond acceptors (Lipinski definition) is 4. The van der Waals surface area contributed by atoms with Crippen LogP contribution in [0.1, 0.15) is 18.0 Å². The molecule has 5 nitrogen and oxygen atoms in total. The van der Waals surface area contributed by atoms with Crippen molar-refractivity contribution in [2.75, 3.05) is 34.8 Å². The zero-order valence-corrected chi connectivity index (χ0v) is 16.4. The van der Waals surface area contributed by atoms with Crippen LogP contribution in [-0.2, 0) is 0 Å². The lowest BCUT2D eigenvalue weighted by Gasteiger charge is -2.25. The minimum atomic E-state index is -0.396. The second-order valence-electron chi connectivity index (χ2n) is 6.41. The third kappa shape index (κ3) is 5.93. The normalized spacial score (nSPS) is 11.9. The molecule has 0 aliphatic rings. The van der Waals surface area contributed by atoms with Gasteiger partial charge in [-0.3, -0.25) is 0 Å². The van der Waals surface area contributed by atoms with Crippen LogP contribution in [0.5, 0.6) is 11.5 Å². The van der Waals surface area contributed by atoms with E-state index in [1.807, 2.05) is 50.5 Å². The minimum Gasteiger partial charge on any atom is -0.493 e. The quantitative estimate of drug-likeness (QED) is 0.714. The van der Waals surface area contributed by atoms with Gasteiger partial charge in [-0.2, -0.15) is 0 Å². The molecule has 0 heterocycles. The second kappa shape index (κ2) is 9.46. The smallest absolute Gasteiger partial charge is 0.414 e. The van der Waals surface area contributed by atoms with Crippen molar-refractivity contribution in [2.45, 2.75) is 12.5 Å². The molecule has 6 heteroatoms. The molecule has 0 saturated heterocycles. The highest BCUT2D eigenvalue weighted by molar-refractivity contribution is 6.30. The summed E-state index contributed by atoms with van der Waals surface area (Å²) >= 11 is 5.98. The molecule has 0 radical (unpaired) electrons. The highest BCUT2D eigenvalue weighted by Crippen LogP contribution is 2.26. The van der Waals surface area contributed by atoms with Crippen molar-refractivity contribution in [2.24, 2.45) is 0 Å². The Labute approximate surface area is 160 Å². The van der Waals surface area contributed by atoms with Crippen LogP contribution in [0.15, 0.2) is 48.5 Å². The van der Waals surface area contributed by atoms with E-state index >= 15 is 0 Å². The molecule has 1 unspecified atom stereocenters. The molecular formula is C20H25ClN2O3. The van der Waals surface area contributed by atoms with E-state index in [9.17, 15) is 4.79 Å². The van der Waals surface area contributed by atoms with E-state index in [1.165, 1.54) is 4.90 Å². The van der Waals surface area contributed by atoms with Gasteiger partial charge < -0.3 is 19.3 Å². The number of nitrogens with zero attached hydrogens (tertiary/aromatic N) is 2. The van der Waals surface area contributed by atoms with Gasteiger partial charge in [0.15, 0.2) is 0 Å². The number of ether oxygens (including phenoxy) is 2. The zero-order chi connectivity index (χ0) is 19.1. The molecule has 2 aromatic carbocycles. The molecule has 0 aromatic heterocycles. The fourth-order valence-corrected chi connectivity index (χ4v) is 2.73. The number of halogens is 1. The Morgan fingerprint density at radius 2 is 1.73 bits per heavy atom. The molecule has 0 aliphatic carbocycles. The summed E-state index contributed by atoms with van der Waals surface area (Å²) in [7, 11) is 7.34. The van der Waals surface area contributed by atoms with Crippen LogP contribution < -0.4 is 9.47 Å². The second-order valence-corrected chi connectivity index (χ2v) is 6.85. The van der Waals surface area contributed by atoms with Gasteiger partial charge in [0.25, 0.3) is 0 Å². The summed E-state index contributed by atoms with van der Waals surface area (Å²) in [5.74, 6) is 1.28. The summed E-state index contributed by atoms with van der Waals surface area (Å²) in [4.78, 5) is 15.3. The Hall–Kier alpha value is -2.24. The molecule has 1 atom stereocenters. The standard InChI is InChI=1S/C20H25ClN2O3/c1-22(2)19(11-12-25-17-9-6-8-16(21)14-17)15-7-5-10-18(13-15)26-20(24)23(3)4/h5-10,13-14,19H,11-12H2,1-4H3. The maximum Gasteiger partial charge on any atom is 0.414 e. The fourth-order valence-electron chi connectivity index (χ4n) is 2.55. The Kier molecular flexibility index (Phi) is 7.30. The number of carbonyl (C=O) groups excluding carboxylic acids is 1. The predicted molar refractivity (Wildman–Crippen MR) is 104 cm³/mol. The van der Waals surface area contributed by atoms with Gasteiger partial charge in [-0.05, 0) is 50.0 Å². The van der Waals surface area contributed by atoms with Crippen molar-refractivity contribution in [3.05, 3.63) is 59.1 Å². The Morgan fingerprint density at radius 3 is 2.38 bits per heavy atom. The van der Waals surface area contributed by atoms with Crippen LogP contribution in [-0.4, -0.2) is 50.7 Å². The van der Waals surface area contributed by atoms with Gasteiger partial charge >= 0.3 is 6.09 Å². The number of hydrogen-bond donors (Lipinski definition) is 0. The van der Waals surface area contributed by atoms with Crippen LogP contribution in [0.3, 0.4) is 0 Å². The topological polar surface area (TPSA) is 42.0 Å². The zero-order valence-electron chi connectivity index (χ0n) is 15.6. The van der Waals surface area contributed by atoms with E-state index in [4.69, 9.17) is 21.1 Å². The van der Waals surface area contributed by atoms with Crippen molar-refractivity contribution in [1.29, 1.82) is 0 Å². The van der Waals surface area contributed by atoms with Crippen molar-refractivity contribution in [1.82, 2.24) is 9.80 Å². The molecule has 0 bridgehead atoms. The summed E-state index contributed by atoms with van der Waals surface area (Å²) < 4.78 is 11.2. The summed E-state index contributed by atoms with van der Waals surface area (Å²) in [5, 5.41) is 0.655. The van der Waals surface area contributed by atoms with Gasteiger partial charge in [0.1, 0.15) is 11.5 Å². The van der Waals surface area contributed by atoms with E-state index in [0.29, 0.717) is 17.4 Å². The van der Waals surface area contributed by atoms with E-state index in [1.54, 1.807) is 26.2 Å². The molecule has 0 aliphatic heterocycles. The third-order valence-electron chi connectivity index (χ3n) is 3.89. The fraction of sp³-hybridized carbons (Fsp3) is 0.350. The van der Waals surface area contributed by atoms with Gasteiger partial charge in [0.05, 0.1) is 6.61 Å². The summed E-state index contributed by atoms with van der Waals surface area (Å²) in [5.41, 5.74) is 1.06. The van der Waals surface area contributed by atoms with E-state index in [-0.39, 0.29) is 6.04 Å². The highest BCUT2D eigenvalue weighted by atomic mass is 35.5. The Morgan fingerprint density at radius 1 is 1.04 bits per heavy atom. The first-order valence-corrected chi connectivity index (χ1v) is 8.78. The molecule has 1 amide bonds. The number of benzene rings is 2. The van der Waals surface area contributed by atoms with Crippen LogP contribution in [0.2, 0.25) is 5.02 Å². The van der Waals surface area contributed by atoms with Crippen molar-refractivity contribution < 1.29 is 14.3 Å². The van der Waals surface area contributed by atoms with Crippen molar-refractivity contribution >= 4 is 17.7 Å². The van der Waals surface area contributed by atoms with Crippen LogP contribution >= 0.6 is 11.6 Å². The van der Waals surface area contributed by atoms with Gasteiger partial charge in [-0.1, -0.05) is 29.8 Å². The van der Waals surface area contributed by atoms with Gasteiger partial charge in [-0.15, -0.1) is 0 Å². The number of rotatable bonds is 7. The largest absolute Gasteiger partial charge is 0.493 e. The van der Waals surface area contributed by atoms with Gasteiger partial charge in [0, 0.05) is 31.6 Å². The first kappa shape index (κ1) is 20.1. The molecule has 140 valence electrons. The highest BCUT2D eigenvalue weighted by Gasteiger charge is 2.16. The predicted octanol–water partition coefficient (Wildman–Crippen LogP) is 4.47. The number of carbonyl (C=O) groups is 1. The van der Waals surface area contributed by atoms with Gasteiger partial charge in [-0.25, -0.2) is 4.79 Å². The average Bonchev–Trinajstić information content (AvgIpc) is 2.58. The van der Waals surface area contributed by atoms with Crippen molar-refractivity contribution in [3.8, 4) is 11.5 Å². The summed E-state index contributed by atoms with van der Waals surface area (Å²) in [6.45, 7) is 0.547. The van der Waals surface area contributed by atoms with E-state index in [2.05, 4.69) is 4.90 Å². The first-order valence-electron chi connectivity index (χ1n) is 8.40. The maximum atomic E-state index is 11.7. The lowest BCUT2D eigenvalue weighted by Crippen LogP contribution is -2.25. The lowest BCUT2D eigenvalue weighted by atomic mass is 10.0. The molecule has 0 spiro atoms. The lowest BCUT2D eigenvalue weighted by molar-refractivity contribution is 0.171. The van der Waals surface area contributed by atoms with Crippen LogP contribution in [0, 0.1) is 0 Å². The molecular weight excluding hydrogens is 352 g/mol. The molecule has 0 N–H and O–H groups in total. The first-order chi connectivity index (χ1) is 12.4. The third-order valence-corrected chi connectivity index (χ3v) is 4.13. The summed E-state index contributed by atoms with van der Waals surface area (Å²) in [6.07, 6.45) is 0.387. The number of amides is 1. The van der Waals surface area contributed by atoms with Crippen LogP contribution in [0.25, 0.3) is 0 Å². The molecule has 0 saturated carbocycles. The molecule has 2 aromatic rings. The molecule has 26 heavy (non-hydrogen) atoms. The van der Waals surface area contributed by atoms with Crippen molar-refractivity contribution in [3.63, 3.8) is 0 Å². The maximum absolute atomic E-state index is 11.7. The Bertz CT molecular complexity index is 735. The monoisotopic (exact) mass is 376 g/mol. The van der Waals surface area contributed by atoms with E-state index < -0.39 is 6.09 Å². The summed E-state index contributed by atoms with van der Waals surface area (Å²) in [6, 6.07) is 15.1. The Balaban J connectivity index is 2.03. The molecule has 0 fully saturated rings. The van der Waals surface area contributed by atoms with Gasteiger partial charge in [0.2, 0.25) is 0 Å². The van der Waals surface area contributed by atoms with Crippen LogP contribution in [0.4, 0.5) is 4.79 Å². The SMILES string of the molecule is CN(C)C(=O)Oc1cccc(C(CCOc2cccc(Cl)c2)N(C)C)c1. The van der Waals surface area contributed by atoms with E-state index in [0.717, 1.165) is 17.7 Å².